The average molecular weight is 415 g/mol. The highest BCUT2D eigenvalue weighted by Gasteiger charge is 2.21. The molecule has 7 nitrogen and oxygen atoms in total. The predicted molar refractivity (Wildman–Crippen MR) is 107 cm³/mol. The monoisotopic (exact) mass is 414 g/mol. The van der Waals surface area contributed by atoms with Crippen LogP contribution in [0.4, 0.5) is 0 Å². The van der Waals surface area contributed by atoms with Gasteiger partial charge in [-0.1, -0.05) is 29.8 Å². The third kappa shape index (κ3) is 3.71. The maximum Gasteiger partial charge on any atom is 0.359 e. The molecule has 4 rings (SSSR count). The molecule has 0 aliphatic carbocycles. The second-order valence-electron chi connectivity index (χ2n) is 6.98. The van der Waals surface area contributed by atoms with Gasteiger partial charge in [0.15, 0.2) is 12.5 Å². The Labute approximate surface area is 171 Å². The van der Waals surface area contributed by atoms with Gasteiger partial charge < -0.3 is 14.2 Å². The molecule has 0 spiro atoms. The van der Waals surface area contributed by atoms with Gasteiger partial charge in [-0.15, -0.1) is 0 Å². The highest BCUT2D eigenvalue weighted by atomic mass is 35.5. The zero-order valence-electron chi connectivity index (χ0n) is 16.0. The van der Waals surface area contributed by atoms with Gasteiger partial charge >= 0.3 is 5.97 Å². The number of carbonyl (C=O) groups is 1. The summed E-state index contributed by atoms with van der Waals surface area (Å²) >= 11 is 6.16. The molecule has 0 unspecified atom stereocenters. The van der Waals surface area contributed by atoms with Crippen molar-refractivity contribution in [3.63, 3.8) is 0 Å². The number of hydrogen-bond donors (Lipinski definition) is 0. The van der Waals surface area contributed by atoms with Crippen LogP contribution < -0.4 is 10.3 Å². The third-order valence-electron chi connectivity index (χ3n) is 4.62. The van der Waals surface area contributed by atoms with E-state index in [9.17, 15) is 9.59 Å². The van der Waals surface area contributed by atoms with Crippen molar-refractivity contribution in [2.75, 3.05) is 6.79 Å². The van der Waals surface area contributed by atoms with Gasteiger partial charge in [-0.2, -0.15) is 5.10 Å². The van der Waals surface area contributed by atoms with E-state index in [0.29, 0.717) is 33.7 Å². The standard InChI is InChI=1S/C21H19ClN2O5/c1-12(2)24-20(25)17-6-4-3-5-16(17)18(23-24)21(26)28-10-14-8-15(22)7-13-9-27-11-29-19(13)14/h3-8,12H,9-11H2,1-2H3. The Morgan fingerprint density at radius 3 is 2.79 bits per heavy atom. The van der Waals surface area contributed by atoms with E-state index in [1.54, 1.807) is 36.4 Å². The average Bonchev–Trinajstić information content (AvgIpc) is 2.72. The summed E-state index contributed by atoms with van der Waals surface area (Å²) in [6.07, 6.45) is 0. The predicted octanol–water partition coefficient (Wildman–Crippen LogP) is 3.85. The Kier molecular flexibility index (Phi) is 5.25. The Hall–Kier alpha value is -2.90. The fourth-order valence-electron chi connectivity index (χ4n) is 3.28. The van der Waals surface area contributed by atoms with E-state index >= 15 is 0 Å². The van der Waals surface area contributed by atoms with Crippen LogP contribution >= 0.6 is 11.6 Å². The number of hydrogen-bond acceptors (Lipinski definition) is 6. The fourth-order valence-corrected chi connectivity index (χ4v) is 3.55. The lowest BCUT2D eigenvalue weighted by Gasteiger charge is -2.21. The minimum atomic E-state index is -0.628. The van der Waals surface area contributed by atoms with Gasteiger partial charge in [-0.25, -0.2) is 9.48 Å². The number of benzene rings is 2. The molecule has 0 radical (unpaired) electrons. The summed E-state index contributed by atoms with van der Waals surface area (Å²) in [6, 6.07) is 10.1. The van der Waals surface area contributed by atoms with Crippen molar-refractivity contribution in [2.45, 2.75) is 33.1 Å². The van der Waals surface area contributed by atoms with Crippen molar-refractivity contribution >= 4 is 28.3 Å². The zero-order chi connectivity index (χ0) is 20.5. The zero-order valence-corrected chi connectivity index (χ0v) is 16.7. The van der Waals surface area contributed by atoms with Gasteiger partial charge in [0.25, 0.3) is 5.56 Å². The van der Waals surface area contributed by atoms with Crippen LogP contribution in [0.5, 0.6) is 5.75 Å². The van der Waals surface area contributed by atoms with Crippen LogP contribution in [0, 0.1) is 0 Å². The topological polar surface area (TPSA) is 79.7 Å². The lowest BCUT2D eigenvalue weighted by Crippen LogP contribution is -2.28. The maximum absolute atomic E-state index is 12.9. The molecule has 1 aliphatic rings. The molecule has 29 heavy (non-hydrogen) atoms. The van der Waals surface area contributed by atoms with Gasteiger partial charge in [0.1, 0.15) is 12.4 Å². The van der Waals surface area contributed by atoms with Crippen molar-refractivity contribution in [3.05, 3.63) is 68.6 Å². The molecule has 2 aromatic carbocycles. The third-order valence-corrected chi connectivity index (χ3v) is 4.84. The first-order valence-electron chi connectivity index (χ1n) is 9.16. The Morgan fingerprint density at radius 2 is 2.03 bits per heavy atom. The number of nitrogens with zero attached hydrogens (tertiary/aromatic N) is 2. The molecule has 0 N–H and O–H groups in total. The summed E-state index contributed by atoms with van der Waals surface area (Å²) in [5, 5.41) is 5.65. The largest absolute Gasteiger partial charge is 0.467 e. The molecule has 150 valence electrons. The summed E-state index contributed by atoms with van der Waals surface area (Å²) in [6.45, 7) is 4.12. The highest BCUT2D eigenvalue weighted by molar-refractivity contribution is 6.30. The quantitative estimate of drug-likeness (QED) is 0.603. The van der Waals surface area contributed by atoms with Gasteiger partial charge in [0.2, 0.25) is 0 Å². The number of rotatable bonds is 4. The van der Waals surface area contributed by atoms with Crippen LogP contribution in [0.1, 0.15) is 41.5 Å². The van der Waals surface area contributed by atoms with Crippen molar-refractivity contribution < 1.29 is 19.0 Å². The van der Waals surface area contributed by atoms with E-state index in [-0.39, 0.29) is 30.7 Å². The van der Waals surface area contributed by atoms with E-state index in [0.717, 1.165) is 5.56 Å². The van der Waals surface area contributed by atoms with Crippen LogP contribution in [0.3, 0.4) is 0 Å². The normalized spacial score (nSPS) is 13.2. The Bertz CT molecular complexity index is 1160. The molecule has 1 aromatic heterocycles. The van der Waals surface area contributed by atoms with Crippen LogP contribution in [-0.4, -0.2) is 22.5 Å². The van der Waals surface area contributed by atoms with Crippen LogP contribution in [0.25, 0.3) is 10.8 Å². The lowest BCUT2D eigenvalue weighted by atomic mass is 10.1. The molecule has 8 heteroatoms. The Balaban J connectivity index is 1.68. The van der Waals surface area contributed by atoms with Gasteiger partial charge in [0, 0.05) is 21.5 Å². The smallest absolute Gasteiger partial charge is 0.359 e. The number of ether oxygens (including phenoxy) is 3. The molecular weight excluding hydrogens is 396 g/mol. The molecule has 2 heterocycles. The number of esters is 1. The number of halogens is 1. The molecule has 0 atom stereocenters. The first kappa shape index (κ1) is 19.4. The number of aromatic nitrogens is 2. The molecular formula is C21H19ClN2O5. The second-order valence-corrected chi connectivity index (χ2v) is 7.41. The van der Waals surface area contributed by atoms with E-state index < -0.39 is 5.97 Å². The highest BCUT2D eigenvalue weighted by Crippen LogP contribution is 2.32. The van der Waals surface area contributed by atoms with Crippen molar-refractivity contribution in [3.8, 4) is 5.75 Å². The van der Waals surface area contributed by atoms with Crippen molar-refractivity contribution in [1.29, 1.82) is 0 Å². The maximum atomic E-state index is 12.9. The van der Waals surface area contributed by atoms with Gasteiger partial charge in [0.05, 0.1) is 18.0 Å². The Morgan fingerprint density at radius 1 is 1.28 bits per heavy atom. The molecule has 3 aromatic rings. The van der Waals surface area contributed by atoms with Crippen LogP contribution in [0.2, 0.25) is 5.02 Å². The minimum Gasteiger partial charge on any atom is -0.467 e. The molecule has 0 bridgehead atoms. The SMILES string of the molecule is CC(C)n1nc(C(=O)OCc2cc(Cl)cc3c2OCOC3)c2ccccc2c1=O. The van der Waals surface area contributed by atoms with E-state index in [1.807, 2.05) is 13.8 Å². The summed E-state index contributed by atoms with van der Waals surface area (Å²) in [5.74, 6) is -0.0187. The summed E-state index contributed by atoms with van der Waals surface area (Å²) in [7, 11) is 0. The summed E-state index contributed by atoms with van der Waals surface area (Å²) in [4.78, 5) is 25.5. The lowest BCUT2D eigenvalue weighted by molar-refractivity contribution is -0.0180. The van der Waals surface area contributed by atoms with Gasteiger partial charge in [-0.05, 0) is 32.0 Å². The van der Waals surface area contributed by atoms with Crippen molar-refractivity contribution in [1.82, 2.24) is 9.78 Å². The van der Waals surface area contributed by atoms with E-state index in [4.69, 9.17) is 25.8 Å². The minimum absolute atomic E-state index is 0.0431. The summed E-state index contributed by atoms with van der Waals surface area (Å²) < 4.78 is 17.6. The molecule has 0 saturated heterocycles. The number of carbonyl (C=O) groups excluding carboxylic acids is 1. The second kappa shape index (κ2) is 7.85. The van der Waals surface area contributed by atoms with Crippen LogP contribution in [0.15, 0.2) is 41.2 Å². The molecule has 1 aliphatic heterocycles. The van der Waals surface area contributed by atoms with E-state index in [1.165, 1.54) is 4.68 Å². The molecule has 0 saturated carbocycles. The fraction of sp³-hybridized carbons (Fsp3) is 0.286. The van der Waals surface area contributed by atoms with E-state index in [2.05, 4.69) is 5.10 Å². The first-order chi connectivity index (χ1) is 14.0. The molecule has 0 amide bonds. The van der Waals surface area contributed by atoms with Gasteiger partial charge in [-0.3, -0.25) is 4.79 Å². The summed E-state index contributed by atoms with van der Waals surface area (Å²) in [5.41, 5.74) is 1.29. The first-order valence-corrected chi connectivity index (χ1v) is 9.54. The van der Waals surface area contributed by atoms with Crippen molar-refractivity contribution in [2.24, 2.45) is 0 Å². The number of fused-ring (bicyclic) bond motifs is 2. The molecule has 0 fully saturated rings. The van der Waals surface area contributed by atoms with Crippen LogP contribution in [-0.2, 0) is 22.7 Å².